The molecule has 0 heterocycles. The van der Waals surface area contributed by atoms with Crippen LogP contribution in [-0.2, 0) is 4.79 Å². The zero-order valence-corrected chi connectivity index (χ0v) is 10.3. The lowest BCUT2D eigenvalue weighted by molar-refractivity contribution is -0.112. The van der Waals surface area contributed by atoms with Gasteiger partial charge in [-0.15, -0.1) is 11.6 Å². The molecule has 0 saturated heterocycles. The van der Waals surface area contributed by atoms with Crippen LogP contribution in [0.1, 0.15) is 20.3 Å². The van der Waals surface area contributed by atoms with E-state index in [-0.39, 0.29) is 16.8 Å². The summed E-state index contributed by atoms with van der Waals surface area (Å²) in [5.74, 6) is -0.260. The summed E-state index contributed by atoms with van der Waals surface area (Å²) in [5.41, 5.74) is 0. The highest BCUT2D eigenvalue weighted by Crippen LogP contribution is 2.31. The molecule has 1 nitrogen and oxygen atoms in total. The summed E-state index contributed by atoms with van der Waals surface area (Å²) in [6.07, 6.45) is 1.65. The molecule has 5 heteroatoms. The third kappa shape index (κ3) is 6.62. The molecule has 0 aliphatic heterocycles. The Morgan fingerprint density at radius 3 is 2.08 bits per heavy atom. The molecular weight excluding hydrogens is 254 g/mol. The van der Waals surface area contributed by atoms with Gasteiger partial charge in [-0.2, -0.15) is 0 Å². The second-order valence-electron chi connectivity index (χ2n) is 3.19. The van der Waals surface area contributed by atoms with Crippen LogP contribution in [0.3, 0.4) is 0 Å². The molecule has 0 aromatic rings. The van der Waals surface area contributed by atoms with Crippen molar-refractivity contribution in [3.05, 3.63) is 10.6 Å². The second-order valence-corrected chi connectivity index (χ2v) is 5.59. The van der Waals surface area contributed by atoms with Crippen LogP contribution in [0.2, 0.25) is 0 Å². The van der Waals surface area contributed by atoms with E-state index in [1.165, 1.54) is 6.08 Å². The molecule has 1 atom stereocenters. The van der Waals surface area contributed by atoms with E-state index in [0.717, 1.165) is 0 Å². The molecule has 0 N–H and O–H groups in total. The molecule has 0 aromatic carbocycles. The summed E-state index contributed by atoms with van der Waals surface area (Å²) >= 11 is 22.2. The minimum Gasteiger partial charge on any atom is -0.281 e. The van der Waals surface area contributed by atoms with Crippen LogP contribution in [0.25, 0.3) is 0 Å². The van der Waals surface area contributed by atoms with E-state index in [1.807, 2.05) is 0 Å². The second kappa shape index (κ2) is 5.45. The summed E-state index contributed by atoms with van der Waals surface area (Å²) in [6, 6.07) is 0. The molecule has 0 radical (unpaired) electrons. The molecule has 0 aromatic heterocycles. The first-order valence-corrected chi connectivity index (χ1v) is 5.14. The number of carbonyl (C=O) groups excluding carboxylic acids is 1. The van der Waals surface area contributed by atoms with Crippen LogP contribution in [0.5, 0.6) is 0 Å². The molecule has 0 amide bonds. The van der Waals surface area contributed by atoms with E-state index in [1.54, 1.807) is 13.8 Å². The van der Waals surface area contributed by atoms with Crippen molar-refractivity contribution in [1.82, 2.24) is 0 Å². The van der Waals surface area contributed by atoms with Gasteiger partial charge >= 0.3 is 0 Å². The van der Waals surface area contributed by atoms with Crippen molar-refractivity contribution >= 4 is 51.6 Å². The van der Waals surface area contributed by atoms with Crippen LogP contribution in [0.4, 0.5) is 0 Å². The van der Waals surface area contributed by atoms with Gasteiger partial charge in [-0.1, -0.05) is 23.2 Å². The van der Waals surface area contributed by atoms with Gasteiger partial charge in [-0.05, 0) is 31.5 Å². The fraction of sp³-hybridized carbons (Fsp3) is 0.625. The quantitative estimate of drug-likeness (QED) is 0.552. The zero-order chi connectivity index (χ0) is 10.6. The molecule has 0 bridgehead atoms. The van der Waals surface area contributed by atoms with Gasteiger partial charge < -0.3 is 0 Å². The predicted molar refractivity (Wildman–Crippen MR) is 58.7 cm³/mol. The lowest BCUT2D eigenvalue weighted by Crippen LogP contribution is -2.24. The van der Waals surface area contributed by atoms with Gasteiger partial charge in [-0.3, -0.25) is 4.79 Å². The Kier molecular flexibility index (Phi) is 5.69. The highest BCUT2D eigenvalue weighted by molar-refractivity contribution is 6.63. The topological polar surface area (TPSA) is 17.1 Å². The van der Waals surface area contributed by atoms with Crippen LogP contribution >= 0.6 is 46.4 Å². The number of alkyl halides is 1. The molecule has 0 rings (SSSR count). The van der Waals surface area contributed by atoms with Crippen molar-refractivity contribution in [3.8, 4) is 0 Å². The number of allylic oxidation sites excluding steroid dienone is 1. The summed E-state index contributed by atoms with van der Waals surface area (Å²) < 4.78 is 0.0941. The Balaban J connectivity index is 4.57. The maximum atomic E-state index is 10.7. The first-order chi connectivity index (χ1) is 5.73. The Labute approximate surface area is 98.0 Å². The molecule has 0 aliphatic carbocycles. The molecular formula is C8H10Cl4O. The first-order valence-electron chi connectivity index (χ1n) is 3.63. The summed E-state index contributed by atoms with van der Waals surface area (Å²) in [5, 5.41) is -0.454. The van der Waals surface area contributed by atoms with Gasteiger partial charge in [0.05, 0.1) is 0 Å². The predicted octanol–water partition coefficient (Wildman–Crippen LogP) is 4.09. The molecule has 1 unspecified atom stereocenters. The van der Waals surface area contributed by atoms with Crippen LogP contribution < -0.4 is 0 Å². The van der Waals surface area contributed by atoms with Crippen LogP contribution in [-0.4, -0.2) is 10.1 Å². The Morgan fingerprint density at radius 1 is 1.38 bits per heavy atom. The van der Waals surface area contributed by atoms with Crippen LogP contribution in [0, 0.1) is 5.92 Å². The summed E-state index contributed by atoms with van der Waals surface area (Å²) in [4.78, 5) is 10.1. The minimum absolute atomic E-state index is 0.0941. The van der Waals surface area contributed by atoms with Crippen molar-refractivity contribution in [2.75, 3.05) is 0 Å². The number of halogens is 4. The SMILES string of the molecule is CC(C)(Cl)C(C=C(Cl)Cl)CC(=O)Cl. The van der Waals surface area contributed by atoms with E-state index in [4.69, 9.17) is 46.4 Å². The van der Waals surface area contributed by atoms with Crippen molar-refractivity contribution in [1.29, 1.82) is 0 Å². The molecule has 0 spiro atoms. The minimum atomic E-state index is -0.598. The van der Waals surface area contributed by atoms with Crippen LogP contribution in [0.15, 0.2) is 10.6 Å². The average molecular weight is 264 g/mol. The van der Waals surface area contributed by atoms with Crippen molar-refractivity contribution in [2.45, 2.75) is 25.1 Å². The number of carbonyl (C=O) groups is 1. The van der Waals surface area contributed by atoms with E-state index in [2.05, 4.69) is 0 Å². The maximum absolute atomic E-state index is 10.7. The van der Waals surface area contributed by atoms with Gasteiger partial charge in [0.25, 0.3) is 0 Å². The molecule has 0 fully saturated rings. The lowest BCUT2D eigenvalue weighted by atomic mass is 9.92. The van der Waals surface area contributed by atoms with Crippen molar-refractivity contribution in [2.24, 2.45) is 5.92 Å². The molecule has 0 aliphatic rings. The van der Waals surface area contributed by atoms with Crippen molar-refractivity contribution < 1.29 is 4.79 Å². The third-order valence-corrected chi connectivity index (χ3v) is 2.28. The third-order valence-electron chi connectivity index (χ3n) is 1.59. The fourth-order valence-electron chi connectivity index (χ4n) is 0.825. The Hall–Kier alpha value is 0.570. The van der Waals surface area contributed by atoms with E-state index >= 15 is 0 Å². The largest absolute Gasteiger partial charge is 0.281 e. The average Bonchev–Trinajstić information content (AvgIpc) is 1.81. The van der Waals surface area contributed by atoms with E-state index in [9.17, 15) is 4.79 Å². The zero-order valence-electron chi connectivity index (χ0n) is 7.28. The fourth-order valence-corrected chi connectivity index (χ4v) is 1.44. The summed E-state index contributed by atoms with van der Waals surface area (Å²) in [7, 11) is 0. The van der Waals surface area contributed by atoms with Crippen molar-refractivity contribution in [3.63, 3.8) is 0 Å². The molecule has 76 valence electrons. The molecule has 13 heavy (non-hydrogen) atoms. The first kappa shape index (κ1) is 13.6. The standard InChI is InChI=1S/C8H10Cl4O/c1-8(2,12)5(3-6(9)10)4-7(11)13/h3,5H,4H2,1-2H3. The Bertz CT molecular complexity index is 213. The normalized spacial score (nSPS) is 13.7. The monoisotopic (exact) mass is 262 g/mol. The lowest BCUT2D eigenvalue weighted by Gasteiger charge is -2.24. The summed E-state index contributed by atoms with van der Waals surface area (Å²) in [6.45, 7) is 3.54. The highest BCUT2D eigenvalue weighted by Gasteiger charge is 2.27. The van der Waals surface area contributed by atoms with E-state index in [0.29, 0.717) is 0 Å². The number of hydrogen-bond donors (Lipinski definition) is 0. The number of hydrogen-bond acceptors (Lipinski definition) is 1. The molecule has 0 saturated carbocycles. The Morgan fingerprint density at radius 2 is 1.85 bits per heavy atom. The van der Waals surface area contributed by atoms with Gasteiger partial charge in [0, 0.05) is 17.2 Å². The van der Waals surface area contributed by atoms with Gasteiger partial charge in [-0.25, -0.2) is 0 Å². The highest BCUT2D eigenvalue weighted by atomic mass is 35.5. The number of rotatable bonds is 4. The van der Waals surface area contributed by atoms with E-state index < -0.39 is 10.1 Å². The van der Waals surface area contributed by atoms with Gasteiger partial charge in [0.2, 0.25) is 5.24 Å². The maximum Gasteiger partial charge on any atom is 0.222 e. The van der Waals surface area contributed by atoms with Gasteiger partial charge in [0.15, 0.2) is 0 Å². The van der Waals surface area contributed by atoms with Gasteiger partial charge in [0.1, 0.15) is 4.49 Å². The smallest absolute Gasteiger partial charge is 0.222 e.